The van der Waals surface area contributed by atoms with E-state index in [1.54, 1.807) is 12.3 Å². The van der Waals surface area contributed by atoms with Gasteiger partial charge in [0.15, 0.2) is 5.78 Å². The molecule has 1 aromatic carbocycles. The highest BCUT2D eigenvalue weighted by atomic mass is 19.1. The monoisotopic (exact) mass is 471 g/mol. The lowest BCUT2D eigenvalue weighted by molar-refractivity contribution is 0.0983. The van der Waals surface area contributed by atoms with Gasteiger partial charge in [0.25, 0.3) is 0 Å². The molecule has 1 aliphatic heterocycles. The number of anilines is 3. The first-order valence-electron chi connectivity index (χ1n) is 11.7. The van der Waals surface area contributed by atoms with Gasteiger partial charge in [0.2, 0.25) is 0 Å². The molecule has 1 saturated heterocycles. The Bertz CT molecular complexity index is 1390. The summed E-state index contributed by atoms with van der Waals surface area (Å²) < 4.78 is 19.6. The highest BCUT2D eigenvalue weighted by Crippen LogP contribution is 2.35. The average molecular weight is 472 g/mol. The highest BCUT2D eigenvalue weighted by molar-refractivity contribution is 5.98. The zero-order chi connectivity index (χ0) is 24.4. The molecule has 0 spiro atoms. The molecule has 8 heteroatoms. The van der Waals surface area contributed by atoms with E-state index >= 15 is 0 Å². The number of fused-ring (bicyclic) bond motifs is 1. The van der Waals surface area contributed by atoms with Crippen LogP contribution >= 0.6 is 0 Å². The Morgan fingerprint density at radius 1 is 1.11 bits per heavy atom. The molecule has 0 unspecified atom stereocenters. The van der Waals surface area contributed by atoms with Crippen LogP contribution in [0, 0.1) is 12.7 Å². The van der Waals surface area contributed by atoms with E-state index in [1.165, 1.54) is 12.1 Å². The van der Waals surface area contributed by atoms with Gasteiger partial charge in [0, 0.05) is 54.5 Å². The van der Waals surface area contributed by atoms with Gasteiger partial charge in [0.05, 0.1) is 35.8 Å². The van der Waals surface area contributed by atoms with Crippen LogP contribution in [-0.4, -0.2) is 47.0 Å². The van der Waals surface area contributed by atoms with Gasteiger partial charge >= 0.3 is 0 Å². The molecule has 4 heterocycles. The predicted octanol–water partition coefficient (Wildman–Crippen LogP) is 5.31. The summed E-state index contributed by atoms with van der Waals surface area (Å²) in [6.07, 6.45) is 2.06. The van der Waals surface area contributed by atoms with Crippen molar-refractivity contribution in [2.45, 2.75) is 20.3 Å². The van der Waals surface area contributed by atoms with Crippen LogP contribution in [0.15, 0.2) is 54.7 Å². The lowest BCUT2D eigenvalue weighted by Gasteiger charge is -2.29. The number of nitrogens with zero attached hydrogens (tertiary/aromatic N) is 4. The quantitative estimate of drug-likeness (QED) is 0.382. The molecule has 5 rings (SSSR count). The van der Waals surface area contributed by atoms with E-state index in [0.717, 1.165) is 35.4 Å². The first kappa shape index (κ1) is 22.9. The highest BCUT2D eigenvalue weighted by Gasteiger charge is 2.19. The number of hydrogen-bond acceptors (Lipinski definition) is 7. The molecular formula is C27H26FN5O2. The third-order valence-electron chi connectivity index (χ3n) is 6.15. The fraction of sp³-hybridized carbons (Fsp3) is 0.259. The van der Waals surface area contributed by atoms with Gasteiger partial charge in [-0.15, -0.1) is 0 Å². The first-order chi connectivity index (χ1) is 17.0. The van der Waals surface area contributed by atoms with Crippen LogP contribution in [0.3, 0.4) is 0 Å². The number of halogens is 1. The molecule has 7 nitrogen and oxygen atoms in total. The molecule has 1 aliphatic rings. The summed E-state index contributed by atoms with van der Waals surface area (Å²) in [5, 5.41) is 4.19. The molecule has 0 amide bonds. The zero-order valence-electron chi connectivity index (χ0n) is 19.7. The van der Waals surface area contributed by atoms with Gasteiger partial charge in [0.1, 0.15) is 17.3 Å². The standard InChI is InChI=1S/C27H26FN5O2/c1-3-24(34)23-15-19(33-10-12-35-13-11-33)16-25(30-23)32-26-17(2)27(21-6-4-5-9-29-21)31-22-14-18(28)7-8-20(22)26/h4-9,14-16H,3,10-13H2,1-2H3,(H,30,31,32). The number of nitrogens with one attached hydrogen (secondary N) is 1. The maximum atomic E-state index is 14.1. The van der Waals surface area contributed by atoms with Gasteiger partial charge in [-0.05, 0) is 37.3 Å². The number of pyridine rings is 3. The lowest BCUT2D eigenvalue weighted by Crippen LogP contribution is -2.36. The Morgan fingerprint density at radius 2 is 1.94 bits per heavy atom. The van der Waals surface area contributed by atoms with E-state index in [1.807, 2.05) is 44.2 Å². The second-order valence-electron chi connectivity index (χ2n) is 8.43. The third-order valence-corrected chi connectivity index (χ3v) is 6.15. The summed E-state index contributed by atoms with van der Waals surface area (Å²) in [6.45, 7) is 6.52. The van der Waals surface area contributed by atoms with Gasteiger partial charge in [-0.3, -0.25) is 9.78 Å². The second-order valence-corrected chi connectivity index (χ2v) is 8.43. The van der Waals surface area contributed by atoms with Crippen LogP contribution in [0.2, 0.25) is 0 Å². The van der Waals surface area contributed by atoms with Crippen LogP contribution in [0.1, 0.15) is 29.4 Å². The first-order valence-corrected chi connectivity index (χ1v) is 11.7. The van der Waals surface area contributed by atoms with E-state index in [0.29, 0.717) is 48.1 Å². The van der Waals surface area contributed by atoms with Crippen molar-refractivity contribution in [3.05, 3.63) is 71.8 Å². The molecule has 35 heavy (non-hydrogen) atoms. The van der Waals surface area contributed by atoms with Crippen molar-refractivity contribution >= 4 is 33.9 Å². The van der Waals surface area contributed by atoms with Crippen molar-refractivity contribution < 1.29 is 13.9 Å². The van der Waals surface area contributed by atoms with Crippen molar-refractivity contribution in [3.63, 3.8) is 0 Å². The van der Waals surface area contributed by atoms with E-state index in [4.69, 9.17) is 9.72 Å². The molecule has 0 bridgehead atoms. The summed E-state index contributed by atoms with van der Waals surface area (Å²) in [5.74, 6) is 0.142. The molecule has 4 aromatic rings. The van der Waals surface area contributed by atoms with Crippen LogP contribution in [0.25, 0.3) is 22.3 Å². The number of morpholine rings is 1. The Balaban J connectivity index is 1.65. The minimum Gasteiger partial charge on any atom is -0.378 e. The molecule has 0 saturated carbocycles. The van der Waals surface area contributed by atoms with E-state index < -0.39 is 0 Å². The summed E-state index contributed by atoms with van der Waals surface area (Å²) in [7, 11) is 0. The number of aromatic nitrogens is 3. The fourth-order valence-electron chi connectivity index (χ4n) is 4.28. The van der Waals surface area contributed by atoms with Crippen molar-refractivity contribution in [1.29, 1.82) is 0 Å². The van der Waals surface area contributed by atoms with E-state index in [-0.39, 0.29) is 11.6 Å². The molecule has 0 atom stereocenters. The lowest BCUT2D eigenvalue weighted by atomic mass is 10.0. The summed E-state index contributed by atoms with van der Waals surface area (Å²) in [5.41, 5.74) is 4.77. The van der Waals surface area contributed by atoms with Crippen molar-refractivity contribution in [2.75, 3.05) is 36.5 Å². The van der Waals surface area contributed by atoms with Crippen molar-refractivity contribution in [2.24, 2.45) is 0 Å². The van der Waals surface area contributed by atoms with Gasteiger partial charge in [-0.2, -0.15) is 0 Å². The third kappa shape index (κ3) is 4.70. The second kappa shape index (κ2) is 9.76. The number of Topliss-reactive ketones (excluding diaryl/α,β-unsaturated/α-hetero) is 1. The van der Waals surface area contributed by atoms with E-state index in [9.17, 15) is 9.18 Å². The van der Waals surface area contributed by atoms with Gasteiger partial charge < -0.3 is 15.0 Å². The number of benzene rings is 1. The minimum absolute atomic E-state index is 0.0317. The predicted molar refractivity (Wildman–Crippen MR) is 135 cm³/mol. The summed E-state index contributed by atoms with van der Waals surface area (Å²) >= 11 is 0. The summed E-state index contributed by atoms with van der Waals surface area (Å²) in [4.78, 5) is 28.6. The molecular weight excluding hydrogens is 445 g/mol. The molecule has 0 radical (unpaired) electrons. The van der Waals surface area contributed by atoms with Crippen LogP contribution in [0.5, 0.6) is 0 Å². The van der Waals surface area contributed by atoms with Crippen molar-refractivity contribution in [3.8, 4) is 11.4 Å². The van der Waals surface area contributed by atoms with Crippen LogP contribution < -0.4 is 10.2 Å². The molecule has 1 N–H and O–H groups in total. The number of ether oxygens (including phenoxy) is 1. The number of rotatable bonds is 6. The molecule has 1 fully saturated rings. The maximum Gasteiger partial charge on any atom is 0.181 e. The normalized spacial score (nSPS) is 13.7. The molecule has 178 valence electrons. The SMILES string of the molecule is CCC(=O)c1cc(N2CCOCC2)cc(Nc2c(C)c(-c3ccccn3)nc3cc(F)ccc23)n1. The number of carbonyl (C=O) groups is 1. The minimum atomic E-state index is -0.366. The molecule has 0 aliphatic carbocycles. The maximum absolute atomic E-state index is 14.1. The fourth-order valence-corrected chi connectivity index (χ4v) is 4.28. The Labute approximate surface area is 203 Å². The van der Waals surface area contributed by atoms with Gasteiger partial charge in [-0.1, -0.05) is 13.0 Å². The number of carbonyl (C=O) groups excluding carboxylic acids is 1. The topological polar surface area (TPSA) is 80.2 Å². The van der Waals surface area contributed by atoms with Crippen LogP contribution in [0.4, 0.5) is 21.6 Å². The number of hydrogen-bond donors (Lipinski definition) is 1. The van der Waals surface area contributed by atoms with Gasteiger partial charge in [-0.25, -0.2) is 14.4 Å². The number of ketones is 1. The average Bonchev–Trinajstić information content (AvgIpc) is 2.90. The van der Waals surface area contributed by atoms with Crippen molar-refractivity contribution in [1.82, 2.24) is 15.0 Å². The molecule has 3 aromatic heterocycles. The largest absolute Gasteiger partial charge is 0.378 e. The Morgan fingerprint density at radius 3 is 2.69 bits per heavy atom. The smallest absolute Gasteiger partial charge is 0.181 e. The Hall–Kier alpha value is -3.91. The van der Waals surface area contributed by atoms with Crippen LogP contribution in [-0.2, 0) is 4.74 Å². The van der Waals surface area contributed by atoms with E-state index in [2.05, 4.69) is 20.2 Å². The Kier molecular flexibility index (Phi) is 6.37. The zero-order valence-corrected chi connectivity index (χ0v) is 19.7. The summed E-state index contributed by atoms with van der Waals surface area (Å²) in [6, 6.07) is 13.9.